The summed E-state index contributed by atoms with van der Waals surface area (Å²) in [6, 6.07) is 19.7. The molecule has 0 saturated carbocycles. The van der Waals surface area contributed by atoms with Crippen molar-refractivity contribution in [1.82, 2.24) is 25.2 Å². The number of hydrogen-bond donors (Lipinski definition) is 2. The van der Waals surface area contributed by atoms with E-state index in [1.165, 1.54) is 0 Å². The van der Waals surface area contributed by atoms with Crippen molar-refractivity contribution in [3.05, 3.63) is 78.2 Å². The minimum absolute atomic E-state index is 0.102. The number of amides is 1. The van der Waals surface area contributed by atoms with Crippen LogP contribution in [0.1, 0.15) is 17.4 Å². The largest absolute Gasteiger partial charge is 0.480 e. The van der Waals surface area contributed by atoms with Gasteiger partial charge in [0.15, 0.2) is 0 Å². The van der Waals surface area contributed by atoms with E-state index in [1.54, 1.807) is 13.3 Å². The number of ether oxygens (including phenoxy) is 1. The van der Waals surface area contributed by atoms with Gasteiger partial charge in [0.1, 0.15) is 11.9 Å². The summed E-state index contributed by atoms with van der Waals surface area (Å²) in [6.45, 7) is 2.07. The molecule has 1 fully saturated rings. The Kier molecular flexibility index (Phi) is 5.56. The highest BCUT2D eigenvalue weighted by Gasteiger charge is 2.30. The number of methoxy groups -OCH3 is 1. The lowest BCUT2D eigenvalue weighted by Gasteiger charge is -2.35. The van der Waals surface area contributed by atoms with Crippen LogP contribution >= 0.6 is 0 Å². The van der Waals surface area contributed by atoms with Crippen molar-refractivity contribution < 1.29 is 9.53 Å². The molecule has 1 aliphatic heterocycles. The number of pyridine rings is 1. The van der Waals surface area contributed by atoms with Gasteiger partial charge in [-0.2, -0.15) is 0 Å². The van der Waals surface area contributed by atoms with Gasteiger partial charge in [0, 0.05) is 25.0 Å². The Bertz CT molecular complexity index is 1240. The number of nitrogens with one attached hydrogen (secondary N) is 2. The van der Waals surface area contributed by atoms with E-state index in [2.05, 4.69) is 26.3 Å². The number of benzene rings is 2. The van der Waals surface area contributed by atoms with E-state index in [4.69, 9.17) is 4.74 Å². The number of piperazine rings is 1. The van der Waals surface area contributed by atoms with Crippen molar-refractivity contribution in [3.8, 4) is 17.1 Å². The highest BCUT2D eigenvalue weighted by Crippen LogP contribution is 2.32. The highest BCUT2D eigenvalue weighted by atomic mass is 16.5. The zero-order chi connectivity index (χ0) is 21.9. The fraction of sp³-hybridized carbons (Fsp3) is 0.240. The predicted molar refractivity (Wildman–Crippen MR) is 123 cm³/mol. The van der Waals surface area contributed by atoms with Crippen LogP contribution in [0.3, 0.4) is 0 Å². The van der Waals surface area contributed by atoms with Crippen molar-refractivity contribution in [3.63, 3.8) is 0 Å². The monoisotopic (exact) mass is 427 g/mol. The van der Waals surface area contributed by atoms with Crippen LogP contribution in [-0.2, 0) is 11.2 Å². The summed E-state index contributed by atoms with van der Waals surface area (Å²) in [5, 5.41) is 4.41. The fourth-order valence-electron chi connectivity index (χ4n) is 4.21. The van der Waals surface area contributed by atoms with Crippen LogP contribution in [0.25, 0.3) is 22.2 Å². The second kappa shape index (κ2) is 8.80. The topological polar surface area (TPSA) is 83.1 Å². The molecule has 7 heteroatoms. The van der Waals surface area contributed by atoms with Gasteiger partial charge in [-0.15, -0.1) is 0 Å². The van der Waals surface area contributed by atoms with Crippen LogP contribution in [0.5, 0.6) is 5.88 Å². The Labute approximate surface area is 186 Å². The average Bonchev–Trinajstić information content (AvgIpc) is 3.34. The fourth-order valence-corrected chi connectivity index (χ4v) is 4.21. The number of aromatic amines is 1. The van der Waals surface area contributed by atoms with Crippen LogP contribution in [0, 0.1) is 0 Å². The van der Waals surface area contributed by atoms with Crippen LogP contribution < -0.4 is 10.1 Å². The summed E-state index contributed by atoms with van der Waals surface area (Å²) in [5.41, 5.74) is 3.55. The standard InChI is InChI=1S/C25H25N5O2/c1-32-25-19(14-18-9-5-6-10-20(18)29-25)21-15-27-24(28-21)22-16-26-11-12-30(22)23(31)13-17-7-3-2-4-8-17/h2-10,14-15,22,26H,11-13,16H2,1H3,(H,27,28). The molecule has 0 bridgehead atoms. The summed E-state index contributed by atoms with van der Waals surface area (Å²) in [7, 11) is 1.62. The first-order valence-electron chi connectivity index (χ1n) is 10.8. The molecule has 162 valence electrons. The maximum Gasteiger partial charge on any atom is 0.227 e. The van der Waals surface area contributed by atoms with E-state index in [1.807, 2.05) is 59.5 Å². The summed E-state index contributed by atoms with van der Waals surface area (Å²) in [6.07, 6.45) is 2.17. The number of para-hydroxylation sites is 1. The molecule has 3 heterocycles. The Morgan fingerprint density at radius 2 is 1.97 bits per heavy atom. The van der Waals surface area contributed by atoms with Gasteiger partial charge in [-0.3, -0.25) is 4.79 Å². The van der Waals surface area contributed by atoms with Gasteiger partial charge in [0.25, 0.3) is 0 Å². The molecule has 2 N–H and O–H groups in total. The number of carbonyl (C=O) groups excluding carboxylic acids is 1. The molecule has 32 heavy (non-hydrogen) atoms. The lowest BCUT2D eigenvalue weighted by atomic mass is 10.1. The molecule has 7 nitrogen and oxygen atoms in total. The molecule has 1 atom stereocenters. The molecular weight excluding hydrogens is 402 g/mol. The molecule has 5 rings (SSSR count). The molecule has 2 aromatic carbocycles. The van der Waals surface area contributed by atoms with Gasteiger partial charge in [-0.05, 0) is 17.7 Å². The third-order valence-corrected chi connectivity index (χ3v) is 5.85. The Morgan fingerprint density at radius 1 is 1.16 bits per heavy atom. The van der Waals surface area contributed by atoms with Crippen molar-refractivity contribution in [2.45, 2.75) is 12.5 Å². The number of fused-ring (bicyclic) bond motifs is 1. The maximum atomic E-state index is 13.1. The maximum absolute atomic E-state index is 13.1. The molecule has 1 amide bonds. The number of imidazole rings is 1. The molecule has 0 spiro atoms. The normalized spacial score (nSPS) is 16.3. The quantitative estimate of drug-likeness (QED) is 0.510. The zero-order valence-electron chi connectivity index (χ0n) is 17.9. The van der Waals surface area contributed by atoms with Crippen LogP contribution in [0.4, 0.5) is 0 Å². The van der Waals surface area contributed by atoms with Crippen molar-refractivity contribution in [1.29, 1.82) is 0 Å². The van der Waals surface area contributed by atoms with Gasteiger partial charge in [-0.1, -0.05) is 48.5 Å². The van der Waals surface area contributed by atoms with Crippen LogP contribution in [0.15, 0.2) is 66.9 Å². The summed E-state index contributed by atoms with van der Waals surface area (Å²) < 4.78 is 5.55. The number of aromatic nitrogens is 3. The minimum atomic E-state index is -0.159. The van der Waals surface area contributed by atoms with E-state index >= 15 is 0 Å². The second-order valence-electron chi connectivity index (χ2n) is 7.89. The van der Waals surface area contributed by atoms with Gasteiger partial charge < -0.3 is 19.9 Å². The number of H-pyrrole nitrogens is 1. The molecule has 0 radical (unpaired) electrons. The summed E-state index contributed by atoms with van der Waals surface area (Å²) in [4.78, 5) is 27.7. The first-order chi connectivity index (χ1) is 15.7. The molecule has 1 unspecified atom stereocenters. The van der Waals surface area contributed by atoms with Gasteiger partial charge in [-0.25, -0.2) is 9.97 Å². The third-order valence-electron chi connectivity index (χ3n) is 5.85. The zero-order valence-corrected chi connectivity index (χ0v) is 17.9. The van der Waals surface area contributed by atoms with E-state index in [-0.39, 0.29) is 11.9 Å². The molecule has 0 aliphatic carbocycles. The lowest BCUT2D eigenvalue weighted by molar-refractivity contribution is -0.134. The summed E-state index contributed by atoms with van der Waals surface area (Å²) in [5.74, 6) is 1.40. The minimum Gasteiger partial charge on any atom is -0.480 e. The highest BCUT2D eigenvalue weighted by molar-refractivity contribution is 5.85. The van der Waals surface area contributed by atoms with Gasteiger partial charge in [0.2, 0.25) is 11.8 Å². The van der Waals surface area contributed by atoms with E-state index in [9.17, 15) is 4.79 Å². The van der Waals surface area contributed by atoms with Gasteiger partial charge >= 0.3 is 0 Å². The van der Waals surface area contributed by atoms with E-state index < -0.39 is 0 Å². The Morgan fingerprint density at radius 3 is 2.81 bits per heavy atom. The smallest absolute Gasteiger partial charge is 0.227 e. The molecule has 1 saturated heterocycles. The lowest BCUT2D eigenvalue weighted by Crippen LogP contribution is -2.49. The Hall–Kier alpha value is -3.71. The number of carbonyl (C=O) groups is 1. The van der Waals surface area contributed by atoms with E-state index in [0.29, 0.717) is 25.4 Å². The first kappa shape index (κ1) is 20.2. The first-order valence-corrected chi connectivity index (χ1v) is 10.8. The molecule has 4 aromatic rings. The average molecular weight is 428 g/mol. The molecular formula is C25H25N5O2. The van der Waals surface area contributed by atoms with Crippen molar-refractivity contribution in [2.75, 3.05) is 26.7 Å². The van der Waals surface area contributed by atoms with E-state index in [0.717, 1.165) is 40.1 Å². The van der Waals surface area contributed by atoms with Crippen LogP contribution in [0.2, 0.25) is 0 Å². The van der Waals surface area contributed by atoms with Crippen molar-refractivity contribution >= 4 is 16.8 Å². The second-order valence-corrected chi connectivity index (χ2v) is 7.89. The SMILES string of the molecule is COc1nc2ccccc2cc1-c1cnc(C2CNCCN2C(=O)Cc2ccccc2)[nH]1. The van der Waals surface area contributed by atoms with Crippen molar-refractivity contribution in [2.24, 2.45) is 0 Å². The number of rotatable bonds is 5. The van der Waals surface area contributed by atoms with Gasteiger partial charge in [0.05, 0.1) is 36.5 Å². The predicted octanol–water partition coefficient (Wildman–Crippen LogP) is 3.35. The van der Waals surface area contributed by atoms with Crippen LogP contribution in [-0.4, -0.2) is 52.5 Å². The molecule has 1 aliphatic rings. The third kappa shape index (κ3) is 3.94. The Balaban J connectivity index is 1.44. The molecule has 2 aromatic heterocycles. The number of nitrogens with zero attached hydrogens (tertiary/aromatic N) is 3. The summed E-state index contributed by atoms with van der Waals surface area (Å²) >= 11 is 0. The number of hydrogen-bond acceptors (Lipinski definition) is 5.